The standard InChI is InChI=1S/C17H17BrN2O5S/c1-10-8-12(18)4-6-17(10,2)26(23,24)20-13(16(22)25-3)9-11-5-7-19-15(21)14(11)20/h4-5,7-9H,6H2,1-3H3,(H,19,21). The minimum Gasteiger partial charge on any atom is -0.464 e. The smallest absolute Gasteiger partial charge is 0.355 e. The number of fused-ring (bicyclic) bond motifs is 1. The largest absolute Gasteiger partial charge is 0.464 e. The van der Waals surface area contributed by atoms with Crippen LogP contribution >= 0.6 is 15.9 Å². The first-order chi connectivity index (χ1) is 12.1. The normalized spacial score (nSPS) is 20.6. The lowest BCUT2D eigenvalue weighted by Gasteiger charge is -2.32. The van der Waals surface area contributed by atoms with Gasteiger partial charge < -0.3 is 9.72 Å². The molecule has 0 saturated heterocycles. The van der Waals surface area contributed by atoms with E-state index in [9.17, 15) is 18.0 Å². The minimum atomic E-state index is -4.16. The Hall–Kier alpha value is -2.13. The summed E-state index contributed by atoms with van der Waals surface area (Å²) < 4.78 is 32.2. The summed E-state index contributed by atoms with van der Waals surface area (Å²) in [6.07, 6.45) is 5.06. The van der Waals surface area contributed by atoms with Gasteiger partial charge in [0, 0.05) is 16.1 Å². The maximum atomic E-state index is 13.6. The summed E-state index contributed by atoms with van der Waals surface area (Å²) in [7, 11) is -3.00. The Morgan fingerprint density at radius 1 is 1.42 bits per heavy atom. The summed E-state index contributed by atoms with van der Waals surface area (Å²) in [6.45, 7) is 3.29. The molecular formula is C17H17BrN2O5S. The number of rotatable bonds is 3. The first kappa shape index (κ1) is 18.7. The topological polar surface area (TPSA) is 98.2 Å². The second-order valence-corrected chi connectivity index (χ2v) is 9.38. The Bertz CT molecular complexity index is 1140. The molecule has 2 aromatic rings. The van der Waals surface area contributed by atoms with Crippen LogP contribution in [0.2, 0.25) is 0 Å². The zero-order valence-corrected chi connectivity index (χ0v) is 16.8. The number of aromatic nitrogens is 2. The van der Waals surface area contributed by atoms with Crippen molar-refractivity contribution >= 4 is 42.8 Å². The van der Waals surface area contributed by atoms with Gasteiger partial charge in [0.25, 0.3) is 5.56 Å². The highest BCUT2D eigenvalue weighted by atomic mass is 79.9. The molecule has 1 atom stereocenters. The van der Waals surface area contributed by atoms with E-state index < -0.39 is 26.3 Å². The van der Waals surface area contributed by atoms with Gasteiger partial charge in [-0.15, -0.1) is 0 Å². The number of nitrogens with zero attached hydrogens (tertiary/aromatic N) is 1. The van der Waals surface area contributed by atoms with Crippen molar-refractivity contribution in [3.63, 3.8) is 0 Å². The molecule has 0 aliphatic heterocycles. The highest BCUT2D eigenvalue weighted by Crippen LogP contribution is 2.39. The fraction of sp³-hybridized carbons (Fsp3) is 0.294. The van der Waals surface area contributed by atoms with Crippen LogP contribution in [-0.2, 0) is 14.8 Å². The Labute approximate surface area is 158 Å². The number of aromatic amines is 1. The van der Waals surface area contributed by atoms with Crippen molar-refractivity contribution < 1.29 is 17.9 Å². The number of pyridine rings is 1. The van der Waals surface area contributed by atoms with Crippen LogP contribution in [0, 0.1) is 0 Å². The van der Waals surface area contributed by atoms with Crippen LogP contribution in [0.5, 0.6) is 0 Å². The van der Waals surface area contributed by atoms with Gasteiger partial charge in [0.05, 0.1) is 7.11 Å². The quantitative estimate of drug-likeness (QED) is 0.739. The van der Waals surface area contributed by atoms with E-state index in [4.69, 9.17) is 4.74 Å². The van der Waals surface area contributed by atoms with Crippen LogP contribution in [0.25, 0.3) is 10.9 Å². The molecule has 0 amide bonds. The molecule has 138 valence electrons. The third-order valence-electron chi connectivity index (χ3n) is 4.76. The number of carbonyl (C=O) groups is 1. The molecular weight excluding hydrogens is 424 g/mol. The van der Waals surface area contributed by atoms with Crippen LogP contribution < -0.4 is 5.56 Å². The molecule has 0 radical (unpaired) electrons. The van der Waals surface area contributed by atoms with Crippen molar-refractivity contribution in [3.05, 3.63) is 56.6 Å². The van der Waals surface area contributed by atoms with E-state index in [-0.39, 0.29) is 17.6 Å². The van der Waals surface area contributed by atoms with Crippen LogP contribution in [0.3, 0.4) is 0 Å². The van der Waals surface area contributed by atoms with Crippen LogP contribution in [-0.4, -0.2) is 35.2 Å². The van der Waals surface area contributed by atoms with E-state index in [0.29, 0.717) is 11.0 Å². The molecule has 1 N–H and O–H groups in total. The molecule has 2 aromatic heterocycles. The number of carbonyl (C=O) groups excluding carboxylic acids is 1. The first-order valence-corrected chi connectivity index (χ1v) is 9.98. The molecule has 0 spiro atoms. The summed E-state index contributed by atoms with van der Waals surface area (Å²) in [4.78, 5) is 27.1. The van der Waals surface area contributed by atoms with Gasteiger partial charge >= 0.3 is 5.97 Å². The summed E-state index contributed by atoms with van der Waals surface area (Å²) in [5.74, 6) is -0.832. The maximum absolute atomic E-state index is 13.6. The van der Waals surface area contributed by atoms with E-state index in [1.165, 1.54) is 18.3 Å². The number of esters is 1. The maximum Gasteiger partial charge on any atom is 0.355 e. The molecule has 2 heterocycles. The zero-order chi connectivity index (χ0) is 19.3. The number of ether oxygens (including phenoxy) is 1. The van der Waals surface area contributed by atoms with E-state index in [2.05, 4.69) is 20.9 Å². The SMILES string of the molecule is COC(=O)c1cc2cc[nH]c(=O)c2n1S(=O)(=O)C1(C)CC=C(Br)C=C1C. The third kappa shape index (κ3) is 2.57. The van der Waals surface area contributed by atoms with Crippen molar-refractivity contribution in [2.24, 2.45) is 0 Å². The van der Waals surface area contributed by atoms with Gasteiger partial charge in [-0.2, -0.15) is 0 Å². The molecule has 7 nitrogen and oxygen atoms in total. The summed E-state index contributed by atoms with van der Waals surface area (Å²) in [5.41, 5.74) is -0.312. The predicted octanol–water partition coefficient (Wildman–Crippen LogP) is 2.68. The second-order valence-electron chi connectivity index (χ2n) is 6.25. The van der Waals surface area contributed by atoms with Crippen LogP contribution in [0.15, 0.2) is 45.3 Å². The summed E-state index contributed by atoms with van der Waals surface area (Å²) >= 11 is 3.35. The first-order valence-electron chi connectivity index (χ1n) is 7.74. The van der Waals surface area contributed by atoms with E-state index in [1.807, 2.05) is 0 Å². The molecule has 3 rings (SSSR count). The van der Waals surface area contributed by atoms with Gasteiger partial charge in [-0.05, 0) is 44.1 Å². The molecule has 1 unspecified atom stereocenters. The van der Waals surface area contributed by atoms with Crippen molar-refractivity contribution in [2.75, 3.05) is 7.11 Å². The lowest BCUT2D eigenvalue weighted by atomic mass is 9.94. The third-order valence-corrected chi connectivity index (χ3v) is 7.80. The number of hydrogen-bond acceptors (Lipinski definition) is 5. The number of hydrogen-bond donors (Lipinski definition) is 1. The average molecular weight is 441 g/mol. The van der Waals surface area contributed by atoms with Gasteiger partial charge in [0.15, 0.2) is 0 Å². The fourth-order valence-electron chi connectivity index (χ4n) is 3.02. The van der Waals surface area contributed by atoms with Crippen LogP contribution in [0.1, 0.15) is 30.8 Å². The lowest BCUT2D eigenvalue weighted by molar-refractivity contribution is 0.0593. The number of nitrogens with one attached hydrogen (secondary N) is 1. The lowest BCUT2D eigenvalue weighted by Crippen LogP contribution is -2.42. The van der Waals surface area contributed by atoms with E-state index >= 15 is 0 Å². The van der Waals surface area contributed by atoms with Gasteiger partial charge in [-0.25, -0.2) is 17.2 Å². The van der Waals surface area contributed by atoms with Crippen molar-refractivity contribution in [2.45, 2.75) is 25.0 Å². The minimum absolute atomic E-state index is 0.101. The van der Waals surface area contributed by atoms with E-state index in [1.54, 1.807) is 26.0 Å². The van der Waals surface area contributed by atoms with Crippen molar-refractivity contribution in [1.29, 1.82) is 0 Å². The van der Waals surface area contributed by atoms with Gasteiger partial charge in [-0.3, -0.25) is 4.79 Å². The molecule has 0 fully saturated rings. The zero-order valence-electron chi connectivity index (χ0n) is 14.4. The highest BCUT2D eigenvalue weighted by Gasteiger charge is 2.45. The van der Waals surface area contributed by atoms with Crippen molar-refractivity contribution in [3.8, 4) is 0 Å². The molecule has 26 heavy (non-hydrogen) atoms. The Morgan fingerprint density at radius 3 is 2.73 bits per heavy atom. The predicted molar refractivity (Wildman–Crippen MR) is 102 cm³/mol. The number of allylic oxidation sites excluding steroid dienone is 3. The number of methoxy groups -OCH3 is 1. The van der Waals surface area contributed by atoms with Gasteiger partial charge in [0.1, 0.15) is 16.0 Å². The molecule has 9 heteroatoms. The number of H-pyrrole nitrogens is 1. The molecule has 0 aromatic carbocycles. The monoisotopic (exact) mass is 440 g/mol. The fourth-order valence-corrected chi connectivity index (χ4v) is 5.50. The molecule has 0 saturated carbocycles. The summed E-state index contributed by atoms with van der Waals surface area (Å²) in [5, 5.41) is 0.343. The molecule has 1 aliphatic rings. The highest BCUT2D eigenvalue weighted by molar-refractivity contribution is 9.11. The summed E-state index contributed by atoms with van der Waals surface area (Å²) in [6, 6.07) is 2.89. The second kappa shape index (κ2) is 6.24. The molecule has 0 bridgehead atoms. The Morgan fingerprint density at radius 2 is 2.12 bits per heavy atom. The van der Waals surface area contributed by atoms with Crippen molar-refractivity contribution in [1.82, 2.24) is 8.96 Å². The Balaban J connectivity index is 2.39. The van der Waals surface area contributed by atoms with Gasteiger partial charge in [0.2, 0.25) is 10.0 Å². The average Bonchev–Trinajstić information content (AvgIpc) is 2.99. The van der Waals surface area contributed by atoms with Gasteiger partial charge in [-0.1, -0.05) is 22.0 Å². The number of halogens is 1. The Kier molecular flexibility index (Phi) is 4.48. The molecule has 1 aliphatic carbocycles. The van der Waals surface area contributed by atoms with E-state index in [0.717, 1.165) is 15.6 Å². The van der Waals surface area contributed by atoms with Crippen LogP contribution in [0.4, 0.5) is 0 Å².